The number of fused-ring (bicyclic) bond motifs is 2. The lowest BCUT2D eigenvalue weighted by atomic mass is 9.91. The van der Waals surface area contributed by atoms with Gasteiger partial charge >= 0.3 is 12.4 Å². The summed E-state index contributed by atoms with van der Waals surface area (Å²) in [4.78, 5) is -1.87. The minimum Gasteiger partial charge on any atom is -0.218 e. The highest BCUT2D eigenvalue weighted by Gasteiger charge is 2.40. The van der Waals surface area contributed by atoms with Crippen LogP contribution in [-0.4, -0.2) is 8.42 Å². The Bertz CT molecular complexity index is 1170. The minimum atomic E-state index is -4.92. The van der Waals surface area contributed by atoms with Crippen LogP contribution in [0, 0.1) is 22.7 Å². The Labute approximate surface area is 159 Å². The molecule has 4 nitrogen and oxygen atoms in total. The van der Waals surface area contributed by atoms with Gasteiger partial charge in [0.2, 0.25) is 9.84 Å². The number of hydrogen-bond acceptors (Lipinski definition) is 4. The van der Waals surface area contributed by atoms with E-state index in [0.717, 1.165) is 12.1 Å². The molecule has 0 aromatic heterocycles. The Morgan fingerprint density at radius 2 is 1.14 bits per heavy atom. The predicted molar refractivity (Wildman–Crippen MR) is 85.6 cm³/mol. The lowest BCUT2D eigenvalue weighted by Gasteiger charge is -2.24. The average Bonchev–Trinajstić information content (AvgIpc) is 2.63. The maximum absolute atomic E-state index is 13.1. The first kappa shape index (κ1) is 20.4. The second-order valence-electron chi connectivity index (χ2n) is 5.89. The molecule has 0 atom stereocenters. The summed E-state index contributed by atoms with van der Waals surface area (Å²) in [6, 6.07) is 6.24. The van der Waals surface area contributed by atoms with E-state index in [9.17, 15) is 45.3 Å². The molecule has 11 heteroatoms. The van der Waals surface area contributed by atoms with Gasteiger partial charge in [0.05, 0.1) is 20.9 Å². The normalized spacial score (nSPS) is 15.0. The van der Waals surface area contributed by atoms with Gasteiger partial charge in [0, 0.05) is 16.7 Å². The van der Waals surface area contributed by atoms with Crippen LogP contribution in [0.25, 0.3) is 5.57 Å². The van der Waals surface area contributed by atoms with Gasteiger partial charge in [-0.2, -0.15) is 36.9 Å². The lowest BCUT2D eigenvalue weighted by molar-refractivity contribution is -0.138. The van der Waals surface area contributed by atoms with Crippen LogP contribution < -0.4 is 0 Å². The van der Waals surface area contributed by atoms with Gasteiger partial charge in [0.15, 0.2) is 0 Å². The van der Waals surface area contributed by atoms with Crippen molar-refractivity contribution in [2.24, 2.45) is 0 Å². The topological polar surface area (TPSA) is 81.7 Å². The van der Waals surface area contributed by atoms with Crippen molar-refractivity contribution >= 4 is 15.4 Å². The van der Waals surface area contributed by atoms with E-state index in [0.29, 0.717) is 12.1 Å². The molecule has 0 bridgehead atoms. The smallest absolute Gasteiger partial charge is 0.218 e. The number of sulfone groups is 1. The molecule has 1 aliphatic rings. The fraction of sp³-hybridized carbons (Fsp3) is 0.111. The highest BCUT2D eigenvalue weighted by molar-refractivity contribution is 7.91. The highest BCUT2D eigenvalue weighted by Crippen LogP contribution is 2.46. The molecule has 1 aliphatic heterocycles. The van der Waals surface area contributed by atoms with E-state index in [4.69, 9.17) is 0 Å². The molecule has 1 heterocycles. The summed E-state index contributed by atoms with van der Waals surface area (Å²) < 4.78 is 104. The van der Waals surface area contributed by atoms with Crippen molar-refractivity contribution in [1.82, 2.24) is 0 Å². The molecule has 2 aromatic rings. The van der Waals surface area contributed by atoms with Crippen LogP contribution in [0.15, 0.2) is 51.8 Å². The number of hydrogen-bond donors (Lipinski definition) is 0. The van der Waals surface area contributed by atoms with Crippen molar-refractivity contribution in [1.29, 1.82) is 10.5 Å². The van der Waals surface area contributed by atoms with Crippen molar-refractivity contribution in [3.63, 3.8) is 0 Å². The fourth-order valence-electron chi connectivity index (χ4n) is 2.92. The molecule has 0 fully saturated rings. The second kappa shape index (κ2) is 6.36. The summed E-state index contributed by atoms with van der Waals surface area (Å²) >= 11 is 0. The zero-order valence-electron chi connectivity index (χ0n) is 13.9. The SMILES string of the molecule is N#CC(C#N)=C1c2ccc(C(F)(F)F)cc2S(=O)(=O)c2cc(C(F)(F)F)ccc21. The van der Waals surface area contributed by atoms with E-state index in [-0.39, 0.29) is 28.8 Å². The van der Waals surface area contributed by atoms with E-state index in [1.165, 1.54) is 12.1 Å². The molecular weight excluding hydrogens is 422 g/mol. The molecule has 0 unspecified atom stereocenters. The second-order valence-corrected chi connectivity index (χ2v) is 7.78. The van der Waals surface area contributed by atoms with E-state index >= 15 is 0 Å². The maximum Gasteiger partial charge on any atom is 0.416 e. The number of alkyl halides is 6. The summed E-state index contributed by atoms with van der Waals surface area (Å²) in [6.07, 6.45) is -9.84. The first-order chi connectivity index (χ1) is 13.3. The Morgan fingerprint density at radius 3 is 1.45 bits per heavy atom. The predicted octanol–water partition coefficient (Wildman–Crippen LogP) is 4.72. The molecule has 0 N–H and O–H groups in total. The van der Waals surface area contributed by atoms with Crippen molar-refractivity contribution in [3.05, 3.63) is 64.2 Å². The minimum absolute atomic E-state index is 0.278. The monoisotopic (exact) mass is 428 g/mol. The first-order valence-electron chi connectivity index (χ1n) is 7.55. The fourth-order valence-corrected chi connectivity index (χ4v) is 4.65. The molecule has 0 amide bonds. The standard InChI is InChI=1S/C18H6F6N2O2S/c19-17(20,21)10-1-3-12-14(5-10)29(27,28)15-6-11(18(22,23)24)2-4-13(15)16(12)9(7-25)8-26/h1-6H. The average molecular weight is 428 g/mol. The van der Waals surface area contributed by atoms with Crippen LogP contribution in [0.5, 0.6) is 0 Å². The highest BCUT2D eigenvalue weighted by atomic mass is 32.2. The largest absolute Gasteiger partial charge is 0.416 e. The molecular formula is C18H6F6N2O2S. The van der Waals surface area contributed by atoms with Crippen LogP contribution in [0.3, 0.4) is 0 Å². The summed E-state index contributed by atoms with van der Waals surface area (Å²) in [7, 11) is -4.80. The van der Waals surface area contributed by atoms with Crippen molar-refractivity contribution < 1.29 is 34.8 Å². The van der Waals surface area contributed by atoms with Crippen molar-refractivity contribution in [2.75, 3.05) is 0 Å². The van der Waals surface area contributed by atoms with E-state index in [2.05, 4.69) is 0 Å². The molecule has 29 heavy (non-hydrogen) atoms. The summed E-state index contributed by atoms with van der Waals surface area (Å²) in [5.41, 5.74) is -4.43. The Kier molecular flexibility index (Phi) is 4.48. The van der Waals surface area contributed by atoms with E-state index in [1.54, 1.807) is 0 Å². The van der Waals surface area contributed by atoms with Crippen LogP contribution in [0.1, 0.15) is 22.3 Å². The number of allylic oxidation sites excluding steroid dienone is 1. The molecule has 0 spiro atoms. The van der Waals surface area contributed by atoms with Crippen LogP contribution in [0.4, 0.5) is 26.3 Å². The van der Waals surface area contributed by atoms with Gasteiger partial charge in [0.25, 0.3) is 0 Å². The van der Waals surface area contributed by atoms with Crippen molar-refractivity contribution in [2.45, 2.75) is 22.1 Å². The number of rotatable bonds is 0. The number of halogens is 6. The Balaban J connectivity index is 2.49. The summed E-state index contributed by atoms with van der Waals surface area (Å²) in [5, 5.41) is 18.4. The number of nitriles is 2. The Hall–Kier alpha value is -3.31. The van der Waals surface area contributed by atoms with Gasteiger partial charge in [0.1, 0.15) is 17.7 Å². The zero-order chi connectivity index (χ0) is 21.8. The molecule has 2 aromatic carbocycles. The molecule has 0 saturated heterocycles. The molecule has 0 saturated carbocycles. The van der Waals surface area contributed by atoms with Crippen molar-refractivity contribution in [3.8, 4) is 12.1 Å². The van der Waals surface area contributed by atoms with Crippen LogP contribution in [-0.2, 0) is 22.2 Å². The Morgan fingerprint density at radius 1 is 0.759 bits per heavy atom. The van der Waals surface area contributed by atoms with Crippen LogP contribution >= 0.6 is 0 Å². The van der Waals surface area contributed by atoms with Gasteiger partial charge in [-0.15, -0.1) is 0 Å². The molecule has 0 radical (unpaired) electrons. The third-order valence-corrected chi connectivity index (χ3v) is 6.04. The summed E-state index contributed by atoms with van der Waals surface area (Å²) in [5.74, 6) is 0. The molecule has 148 valence electrons. The third-order valence-electron chi connectivity index (χ3n) is 4.21. The van der Waals surface area contributed by atoms with E-state index in [1.807, 2.05) is 0 Å². The third kappa shape index (κ3) is 3.23. The lowest BCUT2D eigenvalue weighted by Crippen LogP contribution is -2.18. The van der Waals surface area contributed by atoms with Gasteiger partial charge in [-0.05, 0) is 24.3 Å². The maximum atomic E-state index is 13.1. The number of nitrogens with zero attached hydrogens (tertiary/aromatic N) is 2. The van der Waals surface area contributed by atoms with Gasteiger partial charge in [-0.25, -0.2) is 8.42 Å². The molecule has 3 rings (SSSR count). The van der Waals surface area contributed by atoms with Gasteiger partial charge in [-0.1, -0.05) is 12.1 Å². The molecule has 0 aliphatic carbocycles. The van der Waals surface area contributed by atoms with Crippen LogP contribution in [0.2, 0.25) is 0 Å². The first-order valence-corrected chi connectivity index (χ1v) is 9.03. The summed E-state index contributed by atoms with van der Waals surface area (Å²) in [6.45, 7) is 0. The quantitative estimate of drug-likeness (QED) is 0.383. The number of benzene rings is 2. The van der Waals surface area contributed by atoms with E-state index < -0.39 is 48.7 Å². The zero-order valence-corrected chi connectivity index (χ0v) is 14.7. The van der Waals surface area contributed by atoms with Gasteiger partial charge < -0.3 is 0 Å². The van der Waals surface area contributed by atoms with Gasteiger partial charge in [-0.3, -0.25) is 0 Å².